The van der Waals surface area contributed by atoms with E-state index >= 15 is 0 Å². The first-order valence-electron chi connectivity index (χ1n) is 5.33. The van der Waals surface area contributed by atoms with E-state index in [4.69, 9.17) is 8.83 Å². The van der Waals surface area contributed by atoms with Gasteiger partial charge in [-0.1, -0.05) is 9.59 Å². The van der Waals surface area contributed by atoms with E-state index in [1.54, 1.807) is 19.1 Å². The molecule has 102 valence electrons. The summed E-state index contributed by atoms with van der Waals surface area (Å²) in [6.07, 6.45) is 0. The predicted molar refractivity (Wildman–Crippen MR) is 72.3 cm³/mol. The number of halogens is 1. The molecule has 3 heterocycles. The Morgan fingerprint density at radius 3 is 2.80 bits per heavy atom. The third-order valence-corrected chi connectivity index (χ3v) is 3.54. The van der Waals surface area contributed by atoms with E-state index in [1.165, 1.54) is 0 Å². The van der Waals surface area contributed by atoms with Crippen LogP contribution in [0.5, 0.6) is 0 Å². The van der Waals surface area contributed by atoms with Crippen molar-refractivity contribution in [1.82, 2.24) is 19.8 Å². The highest BCUT2D eigenvalue weighted by molar-refractivity contribution is 9.10. The van der Waals surface area contributed by atoms with Gasteiger partial charge in [0.15, 0.2) is 10.4 Å². The number of furan rings is 1. The Morgan fingerprint density at radius 1 is 1.30 bits per heavy atom. The van der Waals surface area contributed by atoms with Crippen LogP contribution in [0.4, 0.5) is 6.01 Å². The van der Waals surface area contributed by atoms with Gasteiger partial charge in [-0.25, -0.2) is 0 Å². The number of carbonyl (C=O) groups excluding carboxylic acids is 1. The topological polar surface area (TPSA) is 107 Å². The first-order chi connectivity index (χ1) is 9.63. The maximum absolute atomic E-state index is 11.9. The average Bonchev–Trinajstić information content (AvgIpc) is 3.10. The molecule has 1 N–H and O–H groups in total. The number of nitrogens with zero attached hydrogens (tertiary/aromatic N) is 4. The lowest BCUT2D eigenvalue weighted by Gasteiger charge is -1.96. The minimum Gasteiger partial charge on any atom is -0.444 e. The van der Waals surface area contributed by atoms with Crippen LogP contribution in [0.2, 0.25) is 0 Å². The molecule has 20 heavy (non-hydrogen) atoms. The summed E-state index contributed by atoms with van der Waals surface area (Å²) in [6, 6.07) is 3.34. The molecule has 8 nitrogen and oxygen atoms in total. The lowest BCUT2D eigenvalue weighted by atomic mass is 10.4. The van der Waals surface area contributed by atoms with Crippen molar-refractivity contribution >= 4 is 39.4 Å². The van der Waals surface area contributed by atoms with Crippen molar-refractivity contribution in [2.24, 2.45) is 0 Å². The molecule has 0 atom stereocenters. The molecule has 3 rings (SSSR count). The molecule has 10 heteroatoms. The normalized spacial score (nSPS) is 10.7. The summed E-state index contributed by atoms with van der Waals surface area (Å²) in [6.45, 7) is 1.69. The summed E-state index contributed by atoms with van der Waals surface area (Å²) in [4.78, 5) is 12.3. The summed E-state index contributed by atoms with van der Waals surface area (Å²) in [5.41, 5.74) is 0.544. The van der Waals surface area contributed by atoms with Crippen molar-refractivity contribution in [2.75, 3.05) is 5.32 Å². The van der Waals surface area contributed by atoms with E-state index < -0.39 is 5.91 Å². The standard InChI is InChI=1S/C10H6BrN5O3S/c1-4-7(20-16-13-4)8(17)12-10-15-14-9(19-10)5-2-3-6(11)18-5/h2-3H,1H3,(H,12,15,17). The number of anilines is 1. The molecule has 0 unspecified atom stereocenters. The maximum Gasteiger partial charge on any atom is 0.322 e. The maximum atomic E-state index is 11.9. The molecule has 0 bridgehead atoms. The zero-order chi connectivity index (χ0) is 14.1. The highest BCUT2D eigenvalue weighted by Crippen LogP contribution is 2.25. The number of hydrogen-bond acceptors (Lipinski definition) is 8. The van der Waals surface area contributed by atoms with Gasteiger partial charge in [0.25, 0.3) is 11.8 Å². The zero-order valence-electron chi connectivity index (χ0n) is 9.95. The molecule has 0 aromatic carbocycles. The lowest BCUT2D eigenvalue weighted by molar-refractivity contribution is 0.102. The summed E-state index contributed by atoms with van der Waals surface area (Å²) >= 11 is 4.17. The van der Waals surface area contributed by atoms with Crippen LogP contribution in [0, 0.1) is 6.92 Å². The van der Waals surface area contributed by atoms with Crippen LogP contribution in [0.3, 0.4) is 0 Å². The van der Waals surface area contributed by atoms with Gasteiger partial charge in [-0.05, 0) is 46.5 Å². The molecule has 0 aliphatic carbocycles. The van der Waals surface area contributed by atoms with Crippen molar-refractivity contribution in [1.29, 1.82) is 0 Å². The van der Waals surface area contributed by atoms with Gasteiger partial charge in [0.2, 0.25) is 0 Å². The fourth-order valence-electron chi connectivity index (χ4n) is 1.40. The number of nitrogens with one attached hydrogen (secondary N) is 1. The van der Waals surface area contributed by atoms with E-state index in [1.807, 2.05) is 0 Å². The van der Waals surface area contributed by atoms with Gasteiger partial charge in [-0.2, -0.15) is 0 Å². The largest absolute Gasteiger partial charge is 0.444 e. The van der Waals surface area contributed by atoms with Crippen LogP contribution in [0.15, 0.2) is 25.6 Å². The second-order valence-electron chi connectivity index (χ2n) is 3.66. The van der Waals surface area contributed by atoms with E-state index in [2.05, 4.69) is 41.0 Å². The Labute approximate surface area is 124 Å². The smallest absolute Gasteiger partial charge is 0.322 e. The van der Waals surface area contributed by atoms with E-state index in [9.17, 15) is 4.79 Å². The van der Waals surface area contributed by atoms with Gasteiger partial charge >= 0.3 is 6.01 Å². The molecular formula is C10H6BrN5O3S. The second kappa shape index (κ2) is 5.13. The van der Waals surface area contributed by atoms with Crippen molar-refractivity contribution in [2.45, 2.75) is 6.92 Å². The van der Waals surface area contributed by atoms with Gasteiger partial charge in [0.05, 0.1) is 5.69 Å². The number of hydrogen-bond donors (Lipinski definition) is 1. The molecule has 0 spiro atoms. The monoisotopic (exact) mass is 355 g/mol. The Morgan fingerprint density at radius 2 is 2.15 bits per heavy atom. The Kier molecular flexibility index (Phi) is 3.32. The number of carbonyl (C=O) groups is 1. The predicted octanol–water partition coefficient (Wildman–Crippen LogP) is 2.50. The van der Waals surface area contributed by atoms with Crippen molar-refractivity contribution in [3.05, 3.63) is 27.4 Å². The number of aromatic nitrogens is 4. The molecule has 1 amide bonds. The first kappa shape index (κ1) is 12.9. The van der Waals surface area contributed by atoms with E-state index in [-0.39, 0.29) is 11.9 Å². The minimum atomic E-state index is -0.395. The summed E-state index contributed by atoms with van der Waals surface area (Å²) < 4.78 is 14.8. The van der Waals surface area contributed by atoms with Gasteiger partial charge < -0.3 is 8.83 Å². The minimum absolute atomic E-state index is 0.0228. The van der Waals surface area contributed by atoms with Crippen LogP contribution in [0.1, 0.15) is 15.4 Å². The molecule has 0 radical (unpaired) electrons. The van der Waals surface area contributed by atoms with Gasteiger partial charge in [-0.15, -0.1) is 10.2 Å². The second-order valence-corrected chi connectivity index (χ2v) is 5.19. The Hall–Kier alpha value is -2.07. The first-order valence-corrected chi connectivity index (χ1v) is 6.89. The lowest BCUT2D eigenvalue weighted by Crippen LogP contribution is -2.11. The fourth-order valence-corrected chi connectivity index (χ4v) is 2.25. The van der Waals surface area contributed by atoms with Crippen molar-refractivity contribution in [3.63, 3.8) is 0 Å². The van der Waals surface area contributed by atoms with Crippen LogP contribution in [-0.2, 0) is 0 Å². The Balaban J connectivity index is 1.78. The highest BCUT2D eigenvalue weighted by atomic mass is 79.9. The van der Waals surface area contributed by atoms with Crippen LogP contribution in [-0.4, -0.2) is 25.7 Å². The molecule has 3 aromatic heterocycles. The van der Waals surface area contributed by atoms with Crippen molar-refractivity contribution < 1.29 is 13.6 Å². The van der Waals surface area contributed by atoms with Crippen LogP contribution in [0.25, 0.3) is 11.7 Å². The van der Waals surface area contributed by atoms with E-state index in [0.29, 0.717) is 21.0 Å². The number of aryl methyl sites for hydroxylation is 1. The van der Waals surface area contributed by atoms with Crippen LogP contribution < -0.4 is 5.32 Å². The van der Waals surface area contributed by atoms with Gasteiger partial charge in [-0.3, -0.25) is 10.1 Å². The summed E-state index contributed by atoms with van der Waals surface area (Å²) in [7, 11) is 0. The highest BCUT2D eigenvalue weighted by Gasteiger charge is 2.18. The molecule has 0 fully saturated rings. The van der Waals surface area contributed by atoms with Crippen LogP contribution >= 0.6 is 27.5 Å². The molecule has 0 saturated heterocycles. The van der Waals surface area contributed by atoms with E-state index in [0.717, 1.165) is 11.5 Å². The molecule has 0 saturated carbocycles. The third-order valence-electron chi connectivity index (χ3n) is 2.29. The van der Waals surface area contributed by atoms with Crippen molar-refractivity contribution in [3.8, 4) is 11.7 Å². The zero-order valence-corrected chi connectivity index (χ0v) is 12.4. The number of rotatable bonds is 3. The molecule has 0 aliphatic rings. The molecule has 0 aliphatic heterocycles. The summed E-state index contributed by atoms with van der Waals surface area (Å²) in [5.74, 6) is 0.180. The Bertz CT molecular complexity index is 764. The quantitative estimate of drug-likeness (QED) is 0.768. The van der Waals surface area contributed by atoms with Gasteiger partial charge in [0.1, 0.15) is 4.88 Å². The molecular weight excluding hydrogens is 350 g/mol. The summed E-state index contributed by atoms with van der Waals surface area (Å²) in [5, 5.41) is 13.7. The number of amides is 1. The SMILES string of the molecule is Cc1nnsc1C(=O)Nc1nnc(-c2ccc(Br)o2)o1. The molecule has 3 aromatic rings. The van der Waals surface area contributed by atoms with Gasteiger partial charge in [0, 0.05) is 0 Å². The average molecular weight is 356 g/mol. The fraction of sp³-hybridized carbons (Fsp3) is 0.100. The third kappa shape index (κ3) is 2.47.